The zero-order valence-corrected chi connectivity index (χ0v) is 15.7. The van der Waals surface area contributed by atoms with Gasteiger partial charge in [-0.05, 0) is 55.0 Å². The molecule has 0 bridgehead atoms. The van der Waals surface area contributed by atoms with Crippen molar-refractivity contribution in [3.05, 3.63) is 88.8 Å². The molecule has 0 atom stereocenters. The molecule has 0 radical (unpaired) electrons. The number of nitrogens with zero attached hydrogens (tertiary/aromatic N) is 4. The summed E-state index contributed by atoms with van der Waals surface area (Å²) in [4.78, 5) is 12.5. The number of ether oxygens (including phenoxy) is 1. The molecule has 0 N–H and O–H groups in total. The molecule has 4 rings (SSSR count). The van der Waals surface area contributed by atoms with Crippen molar-refractivity contribution < 1.29 is 17.9 Å². The lowest BCUT2D eigenvalue weighted by Gasteiger charge is -2.11. The van der Waals surface area contributed by atoms with Crippen molar-refractivity contribution in [2.45, 2.75) is 13.3 Å². The topological polar surface area (TPSA) is 61.9 Å². The van der Waals surface area contributed by atoms with Gasteiger partial charge in [-0.15, -0.1) is 13.2 Å². The molecule has 2 aromatic carbocycles. The largest absolute Gasteiger partial charge is 0.573 e. The van der Waals surface area contributed by atoms with Crippen molar-refractivity contribution in [1.82, 2.24) is 19.6 Å². The minimum atomic E-state index is -4.77. The third-order valence-electron chi connectivity index (χ3n) is 4.27. The average Bonchev–Trinajstić information content (AvgIpc) is 3.17. The number of aryl methyl sites for hydroxylation is 1. The van der Waals surface area contributed by atoms with Gasteiger partial charge < -0.3 is 4.74 Å². The lowest BCUT2D eigenvalue weighted by Crippen LogP contribution is -2.17. The summed E-state index contributed by atoms with van der Waals surface area (Å²) in [7, 11) is 0. The maximum absolute atomic E-state index is 12.5. The van der Waals surface area contributed by atoms with Crippen LogP contribution in [0.5, 0.6) is 5.75 Å². The van der Waals surface area contributed by atoms with Crippen molar-refractivity contribution in [3.8, 4) is 28.5 Å². The lowest BCUT2D eigenvalue weighted by molar-refractivity contribution is -0.274. The first kappa shape index (κ1) is 19.4. The van der Waals surface area contributed by atoms with Gasteiger partial charge in [0.15, 0.2) is 5.69 Å². The lowest BCUT2D eigenvalue weighted by atomic mass is 10.2. The fourth-order valence-corrected chi connectivity index (χ4v) is 2.98. The number of halogens is 3. The van der Waals surface area contributed by atoms with Gasteiger partial charge in [-0.3, -0.25) is 4.79 Å². The number of rotatable bonds is 4. The van der Waals surface area contributed by atoms with Crippen LogP contribution in [0.15, 0.2) is 77.9 Å². The van der Waals surface area contributed by atoms with Crippen LogP contribution in [-0.2, 0) is 0 Å². The van der Waals surface area contributed by atoms with Crippen molar-refractivity contribution >= 4 is 0 Å². The van der Waals surface area contributed by atoms with Gasteiger partial charge in [0.25, 0.3) is 0 Å². The van der Waals surface area contributed by atoms with Crippen molar-refractivity contribution in [2.24, 2.45) is 0 Å². The number of alkyl halides is 3. The van der Waals surface area contributed by atoms with Gasteiger partial charge in [0.1, 0.15) is 5.75 Å². The van der Waals surface area contributed by atoms with Gasteiger partial charge >= 0.3 is 6.36 Å². The Bertz CT molecular complexity index is 1240. The van der Waals surface area contributed by atoms with E-state index in [-0.39, 0.29) is 16.9 Å². The highest BCUT2D eigenvalue weighted by Crippen LogP contribution is 2.24. The van der Waals surface area contributed by atoms with Crippen molar-refractivity contribution in [3.63, 3.8) is 0 Å². The van der Waals surface area contributed by atoms with Crippen LogP contribution >= 0.6 is 0 Å². The third-order valence-corrected chi connectivity index (χ3v) is 4.27. The van der Waals surface area contributed by atoms with Crippen LogP contribution in [0.3, 0.4) is 0 Å². The Labute approximate surface area is 168 Å². The van der Waals surface area contributed by atoms with Gasteiger partial charge in [0.05, 0.1) is 23.3 Å². The molecule has 30 heavy (non-hydrogen) atoms. The molecule has 4 aromatic rings. The molecule has 9 heteroatoms. The fourth-order valence-electron chi connectivity index (χ4n) is 2.98. The van der Waals surface area contributed by atoms with Gasteiger partial charge in [0, 0.05) is 12.3 Å². The molecule has 0 aliphatic carbocycles. The second kappa shape index (κ2) is 7.51. The zero-order chi connectivity index (χ0) is 21.3. The minimum absolute atomic E-state index is 0.159. The molecule has 0 aliphatic rings. The molecular formula is C21H15F3N4O2. The minimum Gasteiger partial charge on any atom is -0.406 e. The Morgan fingerprint density at radius 1 is 0.967 bits per heavy atom. The molecule has 0 unspecified atom stereocenters. The first-order chi connectivity index (χ1) is 14.3. The molecule has 0 fully saturated rings. The van der Waals surface area contributed by atoms with E-state index in [1.165, 1.54) is 41.2 Å². The van der Waals surface area contributed by atoms with Crippen LogP contribution in [0.2, 0.25) is 0 Å². The fraction of sp³-hybridized carbons (Fsp3) is 0.0952. The summed E-state index contributed by atoms with van der Waals surface area (Å²) in [5.41, 5.74) is 2.63. The third kappa shape index (κ3) is 4.09. The van der Waals surface area contributed by atoms with Crippen LogP contribution < -0.4 is 10.2 Å². The Morgan fingerprint density at radius 3 is 2.43 bits per heavy atom. The predicted molar refractivity (Wildman–Crippen MR) is 104 cm³/mol. The average molecular weight is 412 g/mol. The number of benzene rings is 2. The summed E-state index contributed by atoms with van der Waals surface area (Å²) in [5, 5.41) is 8.68. The quantitative estimate of drug-likeness (QED) is 0.502. The van der Waals surface area contributed by atoms with E-state index in [0.717, 1.165) is 11.3 Å². The van der Waals surface area contributed by atoms with E-state index >= 15 is 0 Å². The molecule has 2 heterocycles. The summed E-state index contributed by atoms with van der Waals surface area (Å²) in [6.07, 6.45) is -1.75. The van der Waals surface area contributed by atoms with Crippen molar-refractivity contribution in [1.29, 1.82) is 0 Å². The highest BCUT2D eigenvalue weighted by Gasteiger charge is 2.31. The molecule has 0 spiro atoms. The predicted octanol–water partition coefficient (Wildman–Crippen LogP) is 4.29. The molecule has 0 saturated carbocycles. The molecule has 0 aliphatic heterocycles. The summed E-state index contributed by atoms with van der Waals surface area (Å²) >= 11 is 0. The molecule has 152 valence electrons. The molecular weight excluding hydrogens is 397 g/mol. The number of aromatic nitrogens is 4. The van der Waals surface area contributed by atoms with Crippen molar-refractivity contribution in [2.75, 3.05) is 0 Å². The molecule has 0 saturated heterocycles. The Balaban J connectivity index is 1.72. The maximum Gasteiger partial charge on any atom is 0.573 e. The standard InChI is InChI=1S/C21H15F3N4O2/c1-14-3-2-4-16(13-14)28-18(9-11-25-28)20-19(29)10-12-27(26-20)15-5-7-17(8-6-15)30-21(22,23)24/h2-13H,1H3. The second-order valence-electron chi connectivity index (χ2n) is 6.48. The van der Waals surface area contributed by atoms with E-state index < -0.39 is 6.36 Å². The van der Waals surface area contributed by atoms with E-state index in [0.29, 0.717) is 11.4 Å². The maximum atomic E-state index is 12.5. The van der Waals surface area contributed by atoms with Gasteiger partial charge in [-0.2, -0.15) is 10.2 Å². The molecule has 0 amide bonds. The highest BCUT2D eigenvalue weighted by atomic mass is 19.4. The number of hydrogen-bond donors (Lipinski definition) is 0. The first-order valence-corrected chi connectivity index (χ1v) is 8.88. The van der Waals surface area contributed by atoms with Crippen LogP contribution in [0.25, 0.3) is 22.8 Å². The van der Waals surface area contributed by atoms with E-state index in [2.05, 4.69) is 14.9 Å². The van der Waals surface area contributed by atoms with Crippen LogP contribution in [0.1, 0.15) is 5.56 Å². The summed E-state index contributed by atoms with van der Waals surface area (Å²) < 4.78 is 43.9. The van der Waals surface area contributed by atoms with E-state index in [9.17, 15) is 18.0 Å². The summed E-state index contributed by atoms with van der Waals surface area (Å²) in [6.45, 7) is 1.95. The molecule has 2 aromatic heterocycles. The SMILES string of the molecule is Cc1cccc(-n2nccc2-c2nn(-c3ccc(OC(F)(F)F)cc3)ccc2=O)c1. The summed E-state index contributed by atoms with van der Waals surface area (Å²) in [5.74, 6) is -0.343. The van der Waals surface area contributed by atoms with Crippen LogP contribution in [-0.4, -0.2) is 25.9 Å². The molecule has 6 nitrogen and oxygen atoms in total. The van der Waals surface area contributed by atoms with Gasteiger partial charge in [-0.25, -0.2) is 9.36 Å². The highest BCUT2D eigenvalue weighted by molar-refractivity contribution is 5.57. The summed E-state index contributed by atoms with van der Waals surface area (Å²) in [6, 6.07) is 15.8. The van der Waals surface area contributed by atoms with Gasteiger partial charge in [0.2, 0.25) is 5.43 Å². The van der Waals surface area contributed by atoms with E-state index in [1.807, 2.05) is 31.2 Å². The number of hydrogen-bond acceptors (Lipinski definition) is 4. The normalized spacial score (nSPS) is 11.5. The second-order valence-corrected chi connectivity index (χ2v) is 6.48. The Kier molecular flexibility index (Phi) is 4.86. The first-order valence-electron chi connectivity index (χ1n) is 8.88. The van der Waals surface area contributed by atoms with Gasteiger partial charge in [-0.1, -0.05) is 12.1 Å². The zero-order valence-electron chi connectivity index (χ0n) is 15.7. The van der Waals surface area contributed by atoms with Crippen LogP contribution in [0.4, 0.5) is 13.2 Å². The Hall–Kier alpha value is -3.88. The van der Waals surface area contributed by atoms with E-state index in [1.54, 1.807) is 16.9 Å². The monoisotopic (exact) mass is 412 g/mol. The van der Waals surface area contributed by atoms with Crippen LogP contribution in [0, 0.1) is 6.92 Å². The Morgan fingerprint density at radius 2 is 1.73 bits per heavy atom. The van der Waals surface area contributed by atoms with E-state index in [4.69, 9.17) is 0 Å². The smallest absolute Gasteiger partial charge is 0.406 e.